The van der Waals surface area contributed by atoms with E-state index in [1.807, 2.05) is 48.5 Å². The second-order valence-electron chi connectivity index (χ2n) is 4.41. The number of urea groups is 1. The first kappa shape index (κ1) is 15.4. The van der Waals surface area contributed by atoms with Gasteiger partial charge in [0, 0.05) is 5.56 Å². The molecule has 0 aliphatic heterocycles. The van der Waals surface area contributed by atoms with Crippen LogP contribution in [0.25, 0.3) is 0 Å². The first-order valence-electron chi connectivity index (χ1n) is 6.62. The highest BCUT2D eigenvalue weighted by Gasteiger charge is 2.05. The fraction of sp³-hybridized carbons (Fsp3) is 0.125. The van der Waals surface area contributed by atoms with Crippen molar-refractivity contribution >= 4 is 12.2 Å². The molecule has 0 fully saturated rings. The number of carbonyl (C=O) groups excluding carboxylic acids is 1. The lowest BCUT2D eigenvalue weighted by Crippen LogP contribution is -2.24. The predicted octanol–water partition coefficient (Wildman–Crippen LogP) is 2.28. The van der Waals surface area contributed by atoms with Crippen LogP contribution in [0, 0.1) is 0 Å². The molecule has 0 saturated heterocycles. The number of carbonyl (C=O) groups is 1. The van der Waals surface area contributed by atoms with Gasteiger partial charge in [0.1, 0.15) is 18.1 Å². The van der Waals surface area contributed by atoms with Gasteiger partial charge in [-0.05, 0) is 35.9 Å². The predicted molar refractivity (Wildman–Crippen MR) is 84.1 cm³/mol. The molecule has 0 unspecified atom stereocenters. The third-order valence-electron chi connectivity index (χ3n) is 2.83. The summed E-state index contributed by atoms with van der Waals surface area (Å²) in [5, 5.41) is 3.72. The molecule has 0 radical (unpaired) electrons. The first-order valence-corrected chi connectivity index (χ1v) is 6.62. The molecule has 0 bridgehead atoms. The second kappa shape index (κ2) is 7.68. The highest BCUT2D eigenvalue weighted by atomic mass is 16.5. The average Bonchev–Trinajstić information content (AvgIpc) is 2.54. The minimum Gasteiger partial charge on any atom is -0.496 e. The van der Waals surface area contributed by atoms with Crippen LogP contribution in [0.4, 0.5) is 4.79 Å². The summed E-state index contributed by atoms with van der Waals surface area (Å²) in [7, 11) is 1.60. The number of hydrogen-bond acceptors (Lipinski definition) is 4. The van der Waals surface area contributed by atoms with Gasteiger partial charge in [-0.3, -0.25) is 0 Å². The van der Waals surface area contributed by atoms with Gasteiger partial charge < -0.3 is 15.2 Å². The van der Waals surface area contributed by atoms with Crippen LogP contribution in [0.5, 0.6) is 11.5 Å². The molecule has 0 saturated carbocycles. The molecule has 0 aliphatic rings. The van der Waals surface area contributed by atoms with Gasteiger partial charge in [-0.25, -0.2) is 10.2 Å². The minimum absolute atomic E-state index is 0.359. The molecular weight excluding hydrogens is 282 g/mol. The normalized spacial score (nSPS) is 10.4. The van der Waals surface area contributed by atoms with Gasteiger partial charge in [0.25, 0.3) is 0 Å². The molecule has 6 nitrogen and oxygen atoms in total. The molecule has 6 heteroatoms. The largest absolute Gasteiger partial charge is 0.496 e. The summed E-state index contributed by atoms with van der Waals surface area (Å²) in [5.74, 6) is 1.50. The summed E-state index contributed by atoms with van der Waals surface area (Å²) in [6.45, 7) is 0.359. The fourth-order valence-corrected chi connectivity index (χ4v) is 1.84. The number of hydrazone groups is 1. The van der Waals surface area contributed by atoms with Crippen LogP contribution >= 0.6 is 0 Å². The van der Waals surface area contributed by atoms with Crippen LogP contribution in [0.2, 0.25) is 0 Å². The van der Waals surface area contributed by atoms with E-state index in [0.717, 1.165) is 22.6 Å². The number of benzene rings is 2. The SMILES string of the molecule is COc1ccc(C=NNC(N)=O)cc1COc1ccccc1. The van der Waals surface area contributed by atoms with Crippen molar-refractivity contribution in [1.29, 1.82) is 0 Å². The topological polar surface area (TPSA) is 85.9 Å². The van der Waals surface area contributed by atoms with E-state index in [1.165, 1.54) is 6.21 Å². The van der Waals surface area contributed by atoms with E-state index in [0.29, 0.717) is 6.61 Å². The van der Waals surface area contributed by atoms with Crippen LogP contribution in [-0.4, -0.2) is 19.4 Å². The van der Waals surface area contributed by atoms with E-state index in [1.54, 1.807) is 7.11 Å². The zero-order valence-electron chi connectivity index (χ0n) is 12.2. The maximum atomic E-state index is 10.6. The number of ether oxygens (including phenoxy) is 2. The lowest BCUT2D eigenvalue weighted by molar-refractivity contribution is 0.249. The average molecular weight is 299 g/mol. The van der Waals surface area contributed by atoms with Gasteiger partial charge in [0.05, 0.1) is 13.3 Å². The van der Waals surface area contributed by atoms with Gasteiger partial charge in [0.15, 0.2) is 0 Å². The Morgan fingerprint density at radius 1 is 1.27 bits per heavy atom. The van der Waals surface area contributed by atoms with E-state index < -0.39 is 6.03 Å². The van der Waals surface area contributed by atoms with Gasteiger partial charge in [-0.15, -0.1) is 0 Å². The van der Waals surface area contributed by atoms with Gasteiger partial charge in [-0.1, -0.05) is 18.2 Å². The number of para-hydroxylation sites is 1. The highest BCUT2D eigenvalue weighted by molar-refractivity contribution is 5.82. The summed E-state index contributed by atoms with van der Waals surface area (Å²) >= 11 is 0. The number of nitrogens with two attached hydrogens (primary N) is 1. The van der Waals surface area contributed by atoms with Crippen molar-refractivity contribution in [1.82, 2.24) is 5.43 Å². The summed E-state index contributed by atoms with van der Waals surface area (Å²) in [4.78, 5) is 10.6. The van der Waals surface area contributed by atoms with Crippen LogP contribution in [0.3, 0.4) is 0 Å². The van der Waals surface area contributed by atoms with E-state index in [9.17, 15) is 4.79 Å². The number of nitrogens with one attached hydrogen (secondary N) is 1. The van der Waals surface area contributed by atoms with Crippen LogP contribution in [0.15, 0.2) is 53.6 Å². The molecule has 2 aromatic rings. The zero-order valence-corrected chi connectivity index (χ0v) is 12.2. The molecule has 0 atom stereocenters. The standard InChI is InChI=1S/C16H17N3O3/c1-21-15-8-7-12(10-18-19-16(17)20)9-13(15)11-22-14-5-3-2-4-6-14/h2-10H,11H2,1H3,(H3,17,19,20). The lowest BCUT2D eigenvalue weighted by atomic mass is 10.1. The number of primary amides is 1. The number of rotatable bonds is 6. The summed E-state index contributed by atoms with van der Waals surface area (Å²) < 4.78 is 11.0. The van der Waals surface area contributed by atoms with Crippen molar-refractivity contribution < 1.29 is 14.3 Å². The first-order chi connectivity index (χ1) is 10.7. The molecule has 0 aliphatic carbocycles. The van der Waals surface area contributed by atoms with Crippen LogP contribution in [-0.2, 0) is 6.61 Å². The maximum Gasteiger partial charge on any atom is 0.332 e. The molecular formula is C16H17N3O3. The van der Waals surface area contributed by atoms with E-state index in [2.05, 4.69) is 10.5 Å². The molecule has 0 spiro atoms. The van der Waals surface area contributed by atoms with Gasteiger partial charge in [-0.2, -0.15) is 5.10 Å². The Morgan fingerprint density at radius 2 is 2.05 bits per heavy atom. The molecule has 114 valence electrons. The van der Waals surface area contributed by atoms with Crippen LogP contribution < -0.4 is 20.6 Å². The van der Waals surface area contributed by atoms with E-state index >= 15 is 0 Å². The summed E-state index contributed by atoms with van der Waals surface area (Å²) in [6, 6.07) is 14.3. The second-order valence-corrected chi connectivity index (χ2v) is 4.41. The fourth-order valence-electron chi connectivity index (χ4n) is 1.84. The maximum absolute atomic E-state index is 10.6. The van der Waals surface area contributed by atoms with E-state index in [4.69, 9.17) is 15.2 Å². The Morgan fingerprint density at radius 3 is 2.73 bits per heavy atom. The Hall–Kier alpha value is -3.02. The van der Waals surface area contributed by atoms with Crippen LogP contribution in [0.1, 0.15) is 11.1 Å². The minimum atomic E-state index is -0.711. The van der Waals surface area contributed by atoms with Gasteiger partial charge >= 0.3 is 6.03 Å². The zero-order chi connectivity index (χ0) is 15.8. The van der Waals surface area contributed by atoms with Crippen molar-refractivity contribution in [2.45, 2.75) is 6.61 Å². The molecule has 2 rings (SSSR count). The number of methoxy groups -OCH3 is 1. The Kier molecular flexibility index (Phi) is 5.37. The number of nitrogens with zero attached hydrogens (tertiary/aromatic N) is 1. The van der Waals surface area contributed by atoms with Crippen molar-refractivity contribution in [3.8, 4) is 11.5 Å². The Balaban J connectivity index is 2.10. The smallest absolute Gasteiger partial charge is 0.332 e. The number of hydrogen-bond donors (Lipinski definition) is 2. The summed E-state index contributed by atoms with van der Waals surface area (Å²) in [5.41, 5.74) is 8.75. The third-order valence-corrected chi connectivity index (χ3v) is 2.83. The molecule has 2 aromatic carbocycles. The van der Waals surface area contributed by atoms with Crippen molar-refractivity contribution in [3.63, 3.8) is 0 Å². The van der Waals surface area contributed by atoms with Crippen molar-refractivity contribution in [3.05, 3.63) is 59.7 Å². The monoisotopic (exact) mass is 299 g/mol. The van der Waals surface area contributed by atoms with Crippen molar-refractivity contribution in [2.75, 3.05) is 7.11 Å². The molecule has 2 amide bonds. The Bertz CT molecular complexity index is 657. The van der Waals surface area contributed by atoms with Gasteiger partial charge in [0.2, 0.25) is 0 Å². The number of amides is 2. The van der Waals surface area contributed by atoms with E-state index in [-0.39, 0.29) is 0 Å². The summed E-state index contributed by atoms with van der Waals surface area (Å²) in [6.07, 6.45) is 1.50. The Labute approximate surface area is 128 Å². The highest BCUT2D eigenvalue weighted by Crippen LogP contribution is 2.21. The molecule has 22 heavy (non-hydrogen) atoms. The molecule has 3 N–H and O–H groups in total. The van der Waals surface area contributed by atoms with Crippen molar-refractivity contribution in [2.24, 2.45) is 10.8 Å². The third kappa shape index (κ3) is 4.52. The lowest BCUT2D eigenvalue weighted by Gasteiger charge is -2.11. The molecule has 0 heterocycles. The quantitative estimate of drug-likeness (QED) is 0.633. The molecule has 0 aromatic heterocycles.